The van der Waals surface area contributed by atoms with Gasteiger partial charge in [-0.05, 0) is 80.0 Å². The van der Waals surface area contributed by atoms with Crippen molar-refractivity contribution in [2.24, 2.45) is 0 Å². The number of hydrogen-bond acceptors (Lipinski definition) is 7. The molecule has 1 aromatic heterocycles. The molecule has 4 rings (SSSR count). The van der Waals surface area contributed by atoms with Crippen LogP contribution in [0.15, 0.2) is 22.6 Å². The summed E-state index contributed by atoms with van der Waals surface area (Å²) in [5.41, 5.74) is -0.741. The number of sulfonamides is 1. The smallest absolute Gasteiger partial charge is 0.461 e. The van der Waals surface area contributed by atoms with E-state index in [2.05, 4.69) is 11.6 Å². The van der Waals surface area contributed by atoms with Crippen LogP contribution in [0.5, 0.6) is 0 Å². The third-order valence-electron chi connectivity index (χ3n) is 8.33. The summed E-state index contributed by atoms with van der Waals surface area (Å²) in [5.74, 6) is 0.808. The molecule has 11 heteroatoms. The first-order chi connectivity index (χ1) is 16.9. The second kappa shape index (κ2) is 9.30. The molecule has 0 unspecified atom stereocenters. The highest BCUT2D eigenvalue weighted by molar-refractivity contribution is 7.92. The molecular formula is C26H41B2NO7S. The minimum absolute atomic E-state index is 0.459. The maximum absolute atomic E-state index is 12.0. The molecule has 2 aliphatic rings. The maximum atomic E-state index is 12.0. The predicted octanol–water partition coefficient (Wildman–Crippen LogP) is 5.49. The summed E-state index contributed by atoms with van der Waals surface area (Å²) in [4.78, 5) is 0. The summed E-state index contributed by atoms with van der Waals surface area (Å²) in [7, 11) is -4.81. The number of benzene rings is 1. The fourth-order valence-electron chi connectivity index (χ4n) is 4.80. The zero-order valence-corrected chi connectivity index (χ0v) is 24.7. The molecule has 0 atom stereocenters. The van der Waals surface area contributed by atoms with Crippen LogP contribution < -0.4 is 4.72 Å². The first-order valence-electron chi connectivity index (χ1n) is 13.1. The summed E-state index contributed by atoms with van der Waals surface area (Å²) in [5, 5.41) is 0.786. The van der Waals surface area contributed by atoms with Crippen LogP contribution in [0, 0.1) is 0 Å². The lowest BCUT2D eigenvalue weighted by atomic mass is 9.48. The van der Waals surface area contributed by atoms with Crippen molar-refractivity contribution in [3.05, 3.63) is 29.5 Å². The van der Waals surface area contributed by atoms with E-state index in [9.17, 15) is 8.42 Å². The van der Waals surface area contributed by atoms with Crippen LogP contribution in [0.25, 0.3) is 11.0 Å². The number of anilines is 1. The molecule has 0 amide bonds. The monoisotopic (exact) mass is 533 g/mol. The van der Waals surface area contributed by atoms with Crippen LogP contribution in [0.2, 0.25) is 0 Å². The highest BCUT2D eigenvalue weighted by Gasteiger charge is 2.63. The molecular weight excluding hydrogens is 492 g/mol. The van der Waals surface area contributed by atoms with Crippen molar-refractivity contribution < 1.29 is 31.5 Å². The molecule has 8 nitrogen and oxygen atoms in total. The minimum Gasteiger partial charge on any atom is -0.461 e. The van der Waals surface area contributed by atoms with Gasteiger partial charge in [-0.2, -0.15) is 0 Å². The van der Waals surface area contributed by atoms with E-state index in [1.54, 1.807) is 12.1 Å². The Kier molecular flexibility index (Phi) is 7.16. The molecule has 1 N–H and O–H groups in total. The van der Waals surface area contributed by atoms with Gasteiger partial charge >= 0.3 is 14.2 Å². The number of fused-ring (bicyclic) bond motifs is 1. The number of hydrogen-bond donors (Lipinski definition) is 1. The van der Waals surface area contributed by atoms with E-state index in [-0.39, 0.29) is 0 Å². The normalized spacial score (nSPS) is 22.4. The molecule has 2 aliphatic heterocycles. The highest BCUT2D eigenvalue weighted by atomic mass is 32.2. The molecule has 2 fully saturated rings. The Hall–Kier alpha value is -1.52. The number of aryl methyl sites for hydroxylation is 1. The van der Waals surface area contributed by atoms with Gasteiger partial charge in [0.25, 0.3) is 0 Å². The van der Waals surface area contributed by atoms with Crippen molar-refractivity contribution in [2.45, 2.75) is 110 Å². The summed E-state index contributed by atoms with van der Waals surface area (Å²) >= 11 is 0. The number of furan rings is 1. The van der Waals surface area contributed by atoms with Crippen molar-refractivity contribution in [1.29, 1.82) is 0 Å². The van der Waals surface area contributed by atoms with E-state index in [4.69, 9.17) is 23.0 Å². The minimum atomic E-state index is -3.46. The van der Waals surface area contributed by atoms with Crippen molar-refractivity contribution in [1.82, 2.24) is 0 Å². The summed E-state index contributed by atoms with van der Waals surface area (Å²) < 4.78 is 59.3. The Morgan fingerprint density at radius 2 is 1.35 bits per heavy atom. The average Bonchev–Trinajstić information content (AvgIpc) is 3.25. The van der Waals surface area contributed by atoms with Crippen LogP contribution in [0.4, 0.5) is 5.69 Å². The van der Waals surface area contributed by atoms with E-state index in [1.165, 1.54) is 0 Å². The van der Waals surface area contributed by atoms with Crippen LogP contribution in [0.1, 0.15) is 92.2 Å². The Bertz CT molecular complexity index is 1200. The van der Waals surface area contributed by atoms with Crippen molar-refractivity contribution in [2.75, 3.05) is 11.0 Å². The lowest BCUT2D eigenvalue weighted by Gasteiger charge is -2.32. The van der Waals surface area contributed by atoms with Gasteiger partial charge in [0.15, 0.2) is 0 Å². The van der Waals surface area contributed by atoms with E-state index in [0.29, 0.717) is 17.7 Å². The van der Waals surface area contributed by atoms with E-state index in [1.807, 2.05) is 61.5 Å². The van der Waals surface area contributed by atoms with Gasteiger partial charge in [-0.15, -0.1) is 0 Å². The van der Waals surface area contributed by atoms with Gasteiger partial charge in [0.1, 0.15) is 11.3 Å². The van der Waals surface area contributed by atoms with Crippen LogP contribution >= 0.6 is 0 Å². The van der Waals surface area contributed by atoms with Gasteiger partial charge in [-0.1, -0.05) is 13.3 Å². The molecule has 204 valence electrons. The SMILES string of the molecule is CCCCc1oc2ccc(NS(C)(=O)=O)cc2c1C(B1OC(C)(C)C(C)(C)O1)B1OC(C)(C)C(C)(C)O1. The fourth-order valence-corrected chi connectivity index (χ4v) is 5.36. The number of rotatable bonds is 8. The number of unbranched alkanes of at least 4 members (excludes halogenated alkanes) is 1. The predicted molar refractivity (Wildman–Crippen MR) is 148 cm³/mol. The van der Waals surface area contributed by atoms with Gasteiger partial charge in [-0.25, -0.2) is 8.42 Å². The van der Waals surface area contributed by atoms with E-state index < -0.39 is 52.4 Å². The molecule has 37 heavy (non-hydrogen) atoms. The van der Waals surface area contributed by atoms with Crippen molar-refractivity contribution in [3.63, 3.8) is 0 Å². The quantitative estimate of drug-likeness (QED) is 0.448. The fraction of sp³-hybridized carbons (Fsp3) is 0.692. The first kappa shape index (κ1) is 28.5. The molecule has 0 radical (unpaired) electrons. The van der Waals surface area contributed by atoms with Gasteiger partial charge in [0.2, 0.25) is 10.0 Å². The zero-order chi connectivity index (χ0) is 27.6. The molecule has 0 aliphatic carbocycles. The van der Waals surface area contributed by atoms with Gasteiger partial charge in [-0.3, -0.25) is 4.72 Å². The van der Waals surface area contributed by atoms with E-state index in [0.717, 1.165) is 35.8 Å². The topological polar surface area (TPSA) is 96.2 Å². The first-order valence-corrected chi connectivity index (χ1v) is 15.0. The van der Waals surface area contributed by atoms with Crippen LogP contribution in [-0.4, -0.2) is 51.3 Å². The van der Waals surface area contributed by atoms with Crippen molar-refractivity contribution in [3.8, 4) is 0 Å². The molecule has 0 spiro atoms. The maximum Gasteiger partial charge on any atom is 0.463 e. The average molecular weight is 533 g/mol. The number of nitrogens with one attached hydrogen (secondary N) is 1. The highest BCUT2D eigenvalue weighted by Crippen LogP contribution is 2.49. The molecule has 0 saturated carbocycles. The Morgan fingerprint density at radius 3 is 1.78 bits per heavy atom. The lowest BCUT2D eigenvalue weighted by molar-refractivity contribution is 0.00578. The second-order valence-electron chi connectivity index (χ2n) is 12.4. The molecule has 1 aromatic carbocycles. The molecule has 2 aromatic rings. The zero-order valence-electron chi connectivity index (χ0n) is 23.9. The third-order valence-corrected chi connectivity index (χ3v) is 8.93. The van der Waals surface area contributed by atoms with Gasteiger partial charge < -0.3 is 23.0 Å². The third kappa shape index (κ3) is 5.35. The Morgan fingerprint density at radius 1 is 0.865 bits per heavy atom. The lowest BCUT2D eigenvalue weighted by Crippen LogP contribution is -2.41. The largest absolute Gasteiger partial charge is 0.463 e. The molecule has 0 bridgehead atoms. The van der Waals surface area contributed by atoms with E-state index >= 15 is 0 Å². The standard InChI is InChI=1S/C26H41B2NO7S/c1-11-12-13-20-21(18-16-17(29-37(10,30)31)14-15-19(18)32-20)22(27-33-23(2,3)24(4,5)34-27)28-35-25(6,7)26(8,9)36-28/h14-16,22,29H,11-13H2,1-10H3. The Labute approximate surface area is 222 Å². The molecule has 2 saturated heterocycles. The van der Waals surface area contributed by atoms with Crippen molar-refractivity contribution >= 4 is 40.9 Å². The summed E-state index contributed by atoms with van der Waals surface area (Å²) in [6, 6.07) is 5.32. The van der Waals surface area contributed by atoms with Crippen LogP contribution in [0.3, 0.4) is 0 Å². The Balaban J connectivity index is 1.92. The molecule has 3 heterocycles. The summed E-state index contributed by atoms with van der Waals surface area (Å²) in [6.07, 6.45) is 3.78. The van der Waals surface area contributed by atoms with Crippen LogP contribution in [-0.2, 0) is 35.1 Å². The van der Waals surface area contributed by atoms with Gasteiger partial charge in [0, 0.05) is 23.1 Å². The second-order valence-corrected chi connectivity index (χ2v) is 14.2. The summed E-state index contributed by atoms with van der Waals surface area (Å²) in [6.45, 7) is 18.3. The van der Waals surface area contributed by atoms with Gasteiger partial charge in [0.05, 0.1) is 34.4 Å².